The van der Waals surface area contributed by atoms with Crippen LogP contribution in [-0.2, 0) is 4.74 Å². The lowest BCUT2D eigenvalue weighted by atomic mass is 9.89. The number of ether oxygens (including phenoxy) is 1. The van der Waals surface area contributed by atoms with Crippen molar-refractivity contribution in [2.45, 2.75) is 25.0 Å². The van der Waals surface area contributed by atoms with Crippen molar-refractivity contribution in [2.24, 2.45) is 0 Å². The zero-order valence-corrected chi connectivity index (χ0v) is 9.14. The zero-order valence-electron chi connectivity index (χ0n) is 9.14. The average molecular weight is 221 g/mol. The van der Waals surface area contributed by atoms with Crippen LogP contribution in [-0.4, -0.2) is 30.1 Å². The van der Waals surface area contributed by atoms with Gasteiger partial charge in [-0.3, -0.25) is 4.79 Å². The molecule has 1 fully saturated rings. The largest absolute Gasteiger partial charge is 0.397 e. The van der Waals surface area contributed by atoms with Gasteiger partial charge in [0, 0.05) is 19.3 Å². The number of carbonyl (C=O) groups is 1. The molecule has 5 heteroatoms. The molecule has 1 aromatic rings. The van der Waals surface area contributed by atoms with Gasteiger partial charge in [0.05, 0.1) is 11.8 Å². The highest BCUT2D eigenvalue weighted by Gasteiger charge is 2.30. The third-order valence-corrected chi connectivity index (χ3v) is 2.82. The summed E-state index contributed by atoms with van der Waals surface area (Å²) in [6.07, 6.45) is 3.54. The summed E-state index contributed by atoms with van der Waals surface area (Å²) in [6, 6.07) is 3.55. The van der Waals surface area contributed by atoms with E-state index < -0.39 is 0 Å². The van der Waals surface area contributed by atoms with E-state index in [-0.39, 0.29) is 18.1 Å². The molecule has 0 saturated heterocycles. The number of pyridine rings is 1. The normalized spacial score (nSPS) is 23.6. The molecule has 3 N–H and O–H groups in total. The van der Waals surface area contributed by atoms with Crippen LogP contribution in [0.2, 0.25) is 0 Å². The smallest absolute Gasteiger partial charge is 0.272 e. The van der Waals surface area contributed by atoms with Crippen molar-refractivity contribution in [1.29, 1.82) is 0 Å². The molecule has 0 spiro atoms. The lowest BCUT2D eigenvalue weighted by Crippen LogP contribution is -2.47. The summed E-state index contributed by atoms with van der Waals surface area (Å²) in [4.78, 5) is 15.7. The third kappa shape index (κ3) is 2.14. The monoisotopic (exact) mass is 221 g/mol. The quantitative estimate of drug-likeness (QED) is 0.782. The number of hydrogen-bond acceptors (Lipinski definition) is 4. The molecular formula is C11H15N3O2. The van der Waals surface area contributed by atoms with Gasteiger partial charge in [-0.25, -0.2) is 4.98 Å². The van der Waals surface area contributed by atoms with Crippen LogP contribution >= 0.6 is 0 Å². The van der Waals surface area contributed by atoms with Crippen molar-refractivity contribution in [3.63, 3.8) is 0 Å². The molecule has 0 radical (unpaired) electrons. The number of methoxy groups -OCH3 is 1. The lowest BCUT2D eigenvalue weighted by molar-refractivity contribution is 0.0175. The fourth-order valence-electron chi connectivity index (χ4n) is 1.74. The van der Waals surface area contributed by atoms with Gasteiger partial charge in [0.2, 0.25) is 0 Å². The van der Waals surface area contributed by atoms with E-state index in [1.165, 1.54) is 0 Å². The molecule has 1 heterocycles. The summed E-state index contributed by atoms with van der Waals surface area (Å²) >= 11 is 0. The topological polar surface area (TPSA) is 77.2 Å². The van der Waals surface area contributed by atoms with Crippen molar-refractivity contribution in [2.75, 3.05) is 12.8 Å². The van der Waals surface area contributed by atoms with Crippen LogP contribution in [0.15, 0.2) is 18.3 Å². The Balaban J connectivity index is 1.92. The second kappa shape index (κ2) is 4.49. The summed E-state index contributed by atoms with van der Waals surface area (Å²) in [5.74, 6) is -0.211. The van der Waals surface area contributed by atoms with Crippen LogP contribution < -0.4 is 11.1 Å². The predicted octanol–water partition coefficient (Wildman–Crippen LogP) is 0.571. The molecule has 1 saturated carbocycles. The van der Waals surface area contributed by atoms with Gasteiger partial charge in [0.1, 0.15) is 0 Å². The van der Waals surface area contributed by atoms with Gasteiger partial charge >= 0.3 is 0 Å². The van der Waals surface area contributed by atoms with E-state index in [9.17, 15) is 4.79 Å². The molecule has 1 aliphatic carbocycles. The maximum absolute atomic E-state index is 11.8. The highest BCUT2D eigenvalue weighted by molar-refractivity contribution is 5.97. The van der Waals surface area contributed by atoms with E-state index in [2.05, 4.69) is 10.3 Å². The molecule has 2 rings (SSSR count). The van der Waals surface area contributed by atoms with Crippen LogP contribution in [0.1, 0.15) is 23.3 Å². The minimum atomic E-state index is -0.211. The van der Waals surface area contributed by atoms with Gasteiger partial charge < -0.3 is 15.8 Å². The molecule has 1 amide bonds. The molecule has 5 nitrogen and oxygen atoms in total. The number of nitrogen functional groups attached to an aromatic ring is 1. The van der Waals surface area contributed by atoms with Crippen molar-refractivity contribution >= 4 is 11.6 Å². The predicted molar refractivity (Wildman–Crippen MR) is 59.9 cm³/mol. The fourth-order valence-corrected chi connectivity index (χ4v) is 1.74. The third-order valence-electron chi connectivity index (χ3n) is 2.82. The number of aromatic nitrogens is 1. The number of carbonyl (C=O) groups excluding carboxylic acids is 1. The summed E-state index contributed by atoms with van der Waals surface area (Å²) in [6.45, 7) is 0. The van der Waals surface area contributed by atoms with Gasteiger partial charge in [-0.2, -0.15) is 0 Å². The zero-order chi connectivity index (χ0) is 11.5. The molecule has 1 aromatic heterocycles. The van der Waals surface area contributed by atoms with Crippen molar-refractivity contribution in [3.05, 3.63) is 24.0 Å². The Kier molecular flexibility index (Phi) is 3.05. The summed E-state index contributed by atoms with van der Waals surface area (Å²) in [5.41, 5.74) is 6.36. The number of nitrogens with zero attached hydrogens (tertiary/aromatic N) is 1. The van der Waals surface area contributed by atoms with E-state index in [0.717, 1.165) is 12.8 Å². The van der Waals surface area contributed by atoms with Gasteiger partial charge in [-0.15, -0.1) is 0 Å². The molecule has 16 heavy (non-hydrogen) atoms. The molecule has 0 aliphatic heterocycles. The summed E-state index contributed by atoms with van der Waals surface area (Å²) in [7, 11) is 1.68. The fraction of sp³-hybridized carbons (Fsp3) is 0.455. The van der Waals surface area contributed by atoms with E-state index in [1.807, 2.05) is 0 Å². The van der Waals surface area contributed by atoms with Gasteiger partial charge in [0.15, 0.2) is 5.69 Å². The summed E-state index contributed by atoms with van der Waals surface area (Å²) in [5, 5.41) is 2.88. The molecule has 1 aliphatic rings. The van der Waals surface area contributed by atoms with Gasteiger partial charge in [-0.05, 0) is 25.0 Å². The molecule has 86 valence electrons. The minimum Gasteiger partial charge on any atom is -0.397 e. The number of nitrogens with one attached hydrogen (secondary N) is 1. The van der Waals surface area contributed by atoms with Crippen LogP contribution in [0.3, 0.4) is 0 Å². The Morgan fingerprint density at radius 3 is 3.00 bits per heavy atom. The highest BCUT2D eigenvalue weighted by Crippen LogP contribution is 2.23. The second-order valence-corrected chi connectivity index (χ2v) is 3.94. The number of rotatable bonds is 3. The van der Waals surface area contributed by atoms with E-state index in [1.54, 1.807) is 25.4 Å². The van der Waals surface area contributed by atoms with Crippen LogP contribution in [0.4, 0.5) is 5.69 Å². The Hall–Kier alpha value is -1.62. The van der Waals surface area contributed by atoms with E-state index in [0.29, 0.717) is 11.4 Å². The lowest BCUT2D eigenvalue weighted by Gasteiger charge is -2.34. The molecule has 0 unspecified atom stereocenters. The molecule has 0 bridgehead atoms. The highest BCUT2D eigenvalue weighted by atomic mass is 16.5. The first-order valence-electron chi connectivity index (χ1n) is 5.25. The first-order valence-corrected chi connectivity index (χ1v) is 5.25. The SMILES string of the molecule is COC1CC(NC(=O)c2ncccc2N)C1. The second-order valence-electron chi connectivity index (χ2n) is 3.94. The Labute approximate surface area is 94.0 Å². The first kappa shape index (κ1) is 10.9. The van der Waals surface area contributed by atoms with Crippen molar-refractivity contribution in [1.82, 2.24) is 10.3 Å². The molecule has 0 atom stereocenters. The molecular weight excluding hydrogens is 206 g/mol. The van der Waals surface area contributed by atoms with Crippen molar-refractivity contribution < 1.29 is 9.53 Å². The molecule has 0 aromatic carbocycles. The minimum absolute atomic E-state index is 0.179. The maximum Gasteiger partial charge on any atom is 0.272 e. The number of anilines is 1. The van der Waals surface area contributed by atoms with Crippen molar-refractivity contribution in [3.8, 4) is 0 Å². The van der Waals surface area contributed by atoms with Crippen LogP contribution in [0, 0.1) is 0 Å². The van der Waals surface area contributed by atoms with Gasteiger partial charge in [-0.1, -0.05) is 0 Å². The van der Waals surface area contributed by atoms with Crippen LogP contribution in [0.5, 0.6) is 0 Å². The number of nitrogens with two attached hydrogens (primary N) is 1. The maximum atomic E-state index is 11.8. The standard InChI is InChI=1S/C11H15N3O2/c1-16-8-5-7(6-8)14-11(15)10-9(12)3-2-4-13-10/h2-4,7-8H,5-6,12H2,1H3,(H,14,15). The number of amides is 1. The number of hydrogen-bond donors (Lipinski definition) is 2. The average Bonchev–Trinajstić information content (AvgIpc) is 2.23. The Bertz CT molecular complexity index is 389. The Morgan fingerprint density at radius 1 is 1.62 bits per heavy atom. The first-order chi connectivity index (χ1) is 7.70. The summed E-state index contributed by atoms with van der Waals surface area (Å²) < 4.78 is 5.14. The van der Waals surface area contributed by atoms with E-state index in [4.69, 9.17) is 10.5 Å². The van der Waals surface area contributed by atoms with E-state index >= 15 is 0 Å². The van der Waals surface area contributed by atoms with Crippen LogP contribution in [0.25, 0.3) is 0 Å². The van der Waals surface area contributed by atoms with Gasteiger partial charge in [0.25, 0.3) is 5.91 Å². The Morgan fingerprint density at radius 2 is 2.38 bits per heavy atom.